The van der Waals surface area contributed by atoms with Crippen molar-refractivity contribution in [1.82, 2.24) is 15.0 Å². The molecule has 1 rings (SSSR count). The molecule has 1 unspecified atom stereocenters. The summed E-state index contributed by atoms with van der Waals surface area (Å²) in [6, 6.07) is 0.171. The number of aromatic nitrogens is 2. The minimum absolute atomic E-state index is 0.0343. The van der Waals surface area contributed by atoms with Gasteiger partial charge in [0, 0.05) is 5.41 Å². The van der Waals surface area contributed by atoms with Gasteiger partial charge in [0.25, 0.3) is 0 Å². The van der Waals surface area contributed by atoms with E-state index < -0.39 is 0 Å². The van der Waals surface area contributed by atoms with Crippen LogP contribution < -0.4 is 11.3 Å². The number of rotatable bonds is 3. The van der Waals surface area contributed by atoms with E-state index in [4.69, 9.17) is 5.84 Å². The lowest BCUT2D eigenvalue weighted by Crippen LogP contribution is -2.29. The normalized spacial score (nSPS) is 14.4. The molecule has 4 nitrogen and oxygen atoms in total. The van der Waals surface area contributed by atoms with Crippen molar-refractivity contribution in [3.05, 3.63) is 10.6 Å². The van der Waals surface area contributed by atoms with Crippen LogP contribution in [0.25, 0.3) is 0 Å². The smallest absolute Gasteiger partial charge is 0.0857 e. The van der Waals surface area contributed by atoms with Gasteiger partial charge in [-0.2, -0.15) is 0 Å². The molecule has 0 saturated heterocycles. The maximum atomic E-state index is 5.49. The Morgan fingerprint density at radius 3 is 2.57 bits per heavy atom. The Labute approximate surface area is 89.0 Å². The van der Waals surface area contributed by atoms with Crippen molar-refractivity contribution in [3.8, 4) is 0 Å². The first-order valence-electron chi connectivity index (χ1n) is 4.79. The topological polar surface area (TPSA) is 63.8 Å². The Balaban J connectivity index is 3.03. The number of nitrogens with two attached hydrogens (primary N) is 1. The fraction of sp³-hybridized carbons (Fsp3) is 0.778. The molecule has 5 heteroatoms. The largest absolute Gasteiger partial charge is 0.271 e. The van der Waals surface area contributed by atoms with Gasteiger partial charge in [0.1, 0.15) is 0 Å². The molecule has 80 valence electrons. The highest BCUT2D eigenvalue weighted by atomic mass is 32.1. The lowest BCUT2D eigenvalue weighted by molar-refractivity contribution is 0.508. The molecule has 0 bridgehead atoms. The van der Waals surface area contributed by atoms with Crippen LogP contribution in [0.4, 0.5) is 0 Å². The molecule has 0 aromatic carbocycles. The first-order chi connectivity index (χ1) is 6.50. The fourth-order valence-corrected chi connectivity index (χ4v) is 2.33. The molecule has 0 aliphatic carbocycles. The van der Waals surface area contributed by atoms with Gasteiger partial charge < -0.3 is 0 Å². The van der Waals surface area contributed by atoms with E-state index >= 15 is 0 Å². The second-order valence-corrected chi connectivity index (χ2v) is 5.15. The first-order valence-corrected chi connectivity index (χ1v) is 5.57. The van der Waals surface area contributed by atoms with Crippen LogP contribution in [0, 0.1) is 0 Å². The highest BCUT2D eigenvalue weighted by Gasteiger charge is 2.25. The van der Waals surface area contributed by atoms with Gasteiger partial charge in [-0.3, -0.25) is 11.3 Å². The van der Waals surface area contributed by atoms with E-state index in [0.717, 1.165) is 17.0 Å². The fourth-order valence-electron chi connectivity index (χ4n) is 1.32. The zero-order valence-corrected chi connectivity index (χ0v) is 9.98. The number of nitrogens with one attached hydrogen (secondary N) is 1. The van der Waals surface area contributed by atoms with Crippen LogP contribution in [-0.4, -0.2) is 9.59 Å². The summed E-state index contributed by atoms with van der Waals surface area (Å²) >= 11 is 1.43. The SMILES string of the molecule is CCC(NN)c1snnc1C(C)(C)C. The second-order valence-electron chi connectivity index (χ2n) is 4.36. The van der Waals surface area contributed by atoms with E-state index in [0.29, 0.717) is 0 Å². The third-order valence-corrected chi connectivity index (χ3v) is 2.99. The minimum atomic E-state index is 0.0343. The predicted octanol–water partition coefficient (Wildman–Crippen LogP) is 1.75. The number of hydrogen-bond donors (Lipinski definition) is 2. The molecular weight excluding hydrogens is 196 g/mol. The highest BCUT2D eigenvalue weighted by Crippen LogP contribution is 2.31. The lowest BCUT2D eigenvalue weighted by atomic mass is 9.90. The lowest BCUT2D eigenvalue weighted by Gasteiger charge is -2.20. The summed E-state index contributed by atoms with van der Waals surface area (Å²) in [5.74, 6) is 5.49. The van der Waals surface area contributed by atoms with Crippen molar-refractivity contribution in [3.63, 3.8) is 0 Å². The second kappa shape index (κ2) is 4.33. The Bertz CT molecular complexity index is 285. The van der Waals surface area contributed by atoms with Crippen molar-refractivity contribution < 1.29 is 0 Å². The summed E-state index contributed by atoms with van der Waals surface area (Å²) in [6.07, 6.45) is 0.948. The van der Waals surface area contributed by atoms with E-state index in [1.165, 1.54) is 11.5 Å². The van der Waals surface area contributed by atoms with Gasteiger partial charge in [0.15, 0.2) is 0 Å². The van der Waals surface area contributed by atoms with Gasteiger partial charge in [0.05, 0.1) is 16.6 Å². The van der Waals surface area contributed by atoms with Crippen LogP contribution in [0.15, 0.2) is 0 Å². The van der Waals surface area contributed by atoms with Crippen LogP contribution >= 0.6 is 11.5 Å². The van der Waals surface area contributed by atoms with Gasteiger partial charge in [0.2, 0.25) is 0 Å². The molecule has 1 aromatic heterocycles. The number of nitrogens with zero attached hydrogens (tertiary/aromatic N) is 2. The monoisotopic (exact) mass is 214 g/mol. The number of hydrazine groups is 1. The molecular formula is C9H18N4S. The van der Waals surface area contributed by atoms with Crippen LogP contribution in [0.2, 0.25) is 0 Å². The molecule has 0 spiro atoms. The van der Waals surface area contributed by atoms with Gasteiger partial charge in [-0.25, -0.2) is 0 Å². The summed E-state index contributed by atoms with van der Waals surface area (Å²) in [4.78, 5) is 1.16. The van der Waals surface area contributed by atoms with Crippen LogP contribution in [0.3, 0.4) is 0 Å². The zero-order valence-electron chi connectivity index (χ0n) is 9.16. The zero-order chi connectivity index (χ0) is 10.8. The molecule has 0 aliphatic rings. The maximum absolute atomic E-state index is 5.49. The van der Waals surface area contributed by atoms with Gasteiger partial charge >= 0.3 is 0 Å². The average molecular weight is 214 g/mol. The van der Waals surface area contributed by atoms with Crippen molar-refractivity contribution in [2.24, 2.45) is 5.84 Å². The summed E-state index contributed by atoms with van der Waals surface area (Å²) in [5.41, 5.74) is 3.88. The van der Waals surface area contributed by atoms with E-state index in [2.05, 4.69) is 42.7 Å². The average Bonchev–Trinajstić information content (AvgIpc) is 2.54. The standard InChI is InChI=1S/C9H18N4S/c1-5-6(11-10)7-8(9(2,3)4)12-13-14-7/h6,11H,5,10H2,1-4H3. The molecule has 0 amide bonds. The summed E-state index contributed by atoms with van der Waals surface area (Å²) in [6.45, 7) is 8.50. The molecule has 3 N–H and O–H groups in total. The summed E-state index contributed by atoms with van der Waals surface area (Å²) in [5, 5.41) is 4.18. The Morgan fingerprint density at radius 2 is 2.14 bits per heavy atom. The third-order valence-electron chi connectivity index (χ3n) is 2.15. The highest BCUT2D eigenvalue weighted by molar-refractivity contribution is 7.05. The minimum Gasteiger partial charge on any atom is -0.271 e. The van der Waals surface area contributed by atoms with E-state index in [-0.39, 0.29) is 11.5 Å². The van der Waals surface area contributed by atoms with E-state index in [1.807, 2.05) is 0 Å². The van der Waals surface area contributed by atoms with Crippen LogP contribution in [-0.2, 0) is 5.41 Å². The van der Waals surface area contributed by atoms with Crippen LogP contribution in [0.1, 0.15) is 50.7 Å². The van der Waals surface area contributed by atoms with Crippen LogP contribution in [0.5, 0.6) is 0 Å². The Morgan fingerprint density at radius 1 is 1.50 bits per heavy atom. The van der Waals surface area contributed by atoms with E-state index in [9.17, 15) is 0 Å². The van der Waals surface area contributed by atoms with Crippen molar-refractivity contribution in [2.75, 3.05) is 0 Å². The maximum Gasteiger partial charge on any atom is 0.0857 e. The quantitative estimate of drug-likeness (QED) is 0.594. The Kier molecular flexibility index (Phi) is 3.58. The summed E-state index contributed by atoms with van der Waals surface area (Å²) < 4.78 is 4.00. The molecule has 0 radical (unpaired) electrons. The number of hydrogen-bond acceptors (Lipinski definition) is 5. The molecule has 14 heavy (non-hydrogen) atoms. The Hall–Kier alpha value is -0.520. The molecule has 0 aliphatic heterocycles. The van der Waals surface area contributed by atoms with Gasteiger partial charge in [-0.15, -0.1) is 5.10 Å². The first kappa shape index (κ1) is 11.6. The van der Waals surface area contributed by atoms with Gasteiger partial charge in [-0.1, -0.05) is 32.2 Å². The molecule has 1 heterocycles. The van der Waals surface area contributed by atoms with E-state index in [1.54, 1.807) is 0 Å². The summed E-state index contributed by atoms with van der Waals surface area (Å²) in [7, 11) is 0. The predicted molar refractivity (Wildman–Crippen MR) is 59.0 cm³/mol. The molecule has 0 saturated carbocycles. The van der Waals surface area contributed by atoms with Gasteiger partial charge in [-0.05, 0) is 18.0 Å². The third kappa shape index (κ3) is 2.29. The molecule has 1 aromatic rings. The molecule has 0 fully saturated rings. The van der Waals surface area contributed by atoms with Crippen molar-refractivity contribution in [1.29, 1.82) is 0 Å². The van der Waals surface area contributed by atoms with Crippen molar-refractivity contribution >= 4 is 11.5 Å². The van der Waals surface area contributed by atoms with Crippen molar-refractivity contribution in [2.45, 2.75) is 45.6 Å². The molecule has 1 atom stereocenters.